The Hall–Kier alpha value is -4.33. The van der Waals surface area contributed by atoms with Gasteiger partial charge in [0.25, 0.3) is 5.67 Å². The molecule has 5 rings (SSSR count). The fourth-order valence-electron chi connectivity index (χ4n) is 8.93. The minimum Gasteiger partial charge on any atom is -0.455 e. The zero-order chi connectivity index (χ0) is 47.2. The molecule has 5 heterocycles. The number of ketones is 2. The molecule has 0 aliphatic carbocycles. The first kappa shape index (κ1) is 51.3. The number of cyclic esters (lactones) is 1. The monoisotopic (exact) mass is 908 g/mol. The van der Waals surface area contributed by atoms with Crippen LogP contribution in [0, 0.1) is 29.6 Å². The molecule has 0 spiro atoms. The number of fused-ring (bicyclic) bond motifs is 1. The predicted octanol–water partition coefficient (Wildman–Crippen LogP) is 3.85. The van der Waals surface area contributed by atoms with Crippen LogP contribution in [0.2, 0.25) is 0 Å². The Labute approximate surface area is 371 Å². The van der Waals surface area contributed by atoms with Crippen molar-refractivity contribution in [1.82, 2.24) is 34.8 Å². The molecule has 0 aromatic carbocycles. The van der Waals surface area contributed by atoms with Crippen LogP contribution in [0.25, 0.3) is 11.4 Å². The number of methoxy groups -OCH3 is 1. The third-order valence-electron chi connectivity index (χ3n) is 12.3. The molecule has 0 bridgehead atoms. The predicted molar refractivity (Wildman–Crippen MR) is 228 cm³/mol. The molecule has 18 nitrogen and oxygen atoms in total. The number of alkyl halides is 1. The van der Waals surface area contributed by atoms with Crippen LogP contribution in [0.15, 0.2) is 18.5 Å². The van der Waals surface area contributed by atoms with Crippen LogP contribution in [0.3, 0.4) is 0 Å². The van der Waals surface area contributed by atoms with E-state index >= 15 is 4.39 Å². The lowest BCUT2D eigenvalue weighted by molar-refractivity contribution is -0.295. The number of nitrogens with zero attached hydrogens (tertiary/aromatic N) is 7. The van der Waals surface area contributed by atoms with Crippen LogP contribution in [-0.4, -0.2) is 157 Å². The van der Waals surface area contributed by atoms with E-state index in [2.05, 4.69) is 32.1 Å². The number of carbonyl (C=O) groups excluding carboxylic acids is 4. The van der Waals surface area contributed by atoms with Gasteiger partial charge in [-0.2, -0.15) is 3.89 Å². The highest BCUT2D eigenvalue weighted by Gasteiger charge is 2.61. The highest BCUT2D eigenvalue weighted by atomic mass is 32.2. The molecule has 0 radical (unpaired) electrons. The number of rotatable bonds is 8. The third kappa shape index (κ3) is 11.1. The van der Waals surface area contributed by atoms with Crippen molar-refractivity contribution in [2.24, 2.45) is 17.8 Å². The van der Waals surface area contributed by atoms with E-state index in [1.165, 1.54) is 43.0 Å². The first-order chi connectivity index (χ1) is 29.5. The summed E-state index contributed by atoms with van der Waals surface area (Å²) in [6.45, 7) is 12.1. The van der Waals surface area contributed by atoms with Gasteiger partial charge in [-0.1, -0.05) is 44.7 Å². The number of aliphatic hydroxyl groups is 1. The number of aliphatic hydroxyl groups excluding tert-OH is 1. The Kier molecular flexibility index (Phi) is 17.2. The van der Waals surface area contributed by atoms with Gasteiger partial charge in [0, 0.05) is 55.5 Å². The lowest BCUT2D eigenvalue weighted by Gasteiger charge is -2.47. The second kappa shape index (κ2) is 21.1. The number of hydrogen-bond acceptors (Lipinski definition) is 17. The molecule has 2 aromatic heterocycles. The van der Waals surface area contributed by atoms with Crippen LogP contribution in [-0.2, 0) is 44.6 Å². The second-order valence-electron chi connectivity index (χ2n) is 17.1. The topological polar surface area (TPSA) is 224 Å². The molecule has 3 N–H and O–H groups in total. The van der Waals surface area contributed by atoms with E-state index in [0.29, 0.717) is 17.8 Å². The van der Waals surface area contributed by atoms with Crippen molar-refractivity contribution in [3.63, 3.8) is 0 Å². The molecule has 1 amide bonds. The first-order valence-corrected chi connectivity index (χ1v) is 21.9. The third-order valence-corrected chi connectivity index (χ3v) is 12.3. The van der Waals surface area contributed by atoms with E-state index in [1.54, 1.807) is 40.0 Å². The number of esters is 1. The molecule has 21 heteroatoms. The van der Waals surface area contributed by atoms with Crippen LogP contribution in [0.5, 0.6) is 0 Å². The molecular weight excluding hydrogens is 847 g/mol. The summed E-state index contributed by atoms with van der Waals surface area (Å²) >= 11 is 0.250. The van der Waals surface area contributed by atoms with Crippen molar-refractivity contribution >= 4 is 41.7 Å². The van der Waals surface area contributed by atoms with E-state index in [9.17, 15) is 28.2 Å². The number of anilines is 1. The molecule has 3 saturated heterocycles. The van der Waals surface area contributed by atoms with Crippen LogP contribution < -0.4 is 5.73 Å². The molecule has 3 aliphatic heterocycles. The maximum Gasteiger partial charge on any atom is 0.411 e. The molecule has 13 atom stereocenters. The van der Waals surface area contributed by atoms with Gasteiger partial charge in [0.15, 0.2) is 17.7 Å². The Morgan fingerprint density at radius 2 is 1.73 bits per heavy atom. The average Bonchev–Trinajstić information content (AvgIpc) is 3.81. The fraction of sp³-hybridized carbons (Fsp3) is 0.714. The van der Waals surface area contributed by atoms with Gasteiger partial charge in [-0.3, -0.25) is 14.5 Å². The van der Waals surface area contributed by atoms with Gasteiger partial charge in [0.1, 0.15) is 30.2 Å². The quantitative estimate of drug-likeness (QED) is 0.218. The van der Waals surface area contributed by atoms with Gasteiger partial charge >= 0.3 is 12.1 Å². The Bertz CT molecular complexity index is 2000. The van der Waals surface area contributed by atoms with Gasteiger partial charge in [0.05, 0.1) is 42.3 Å². The Morgan fingerprint density at radius 3 is 2.33 bits per heavy atom. The number of nitrogens with two attached hydrogens (primary N) is 1. The smallest absolute Gasteiger partial charge is 0.411 e. The molecule has 63 heavy (non-hydrogen) atoms. The van der Waals surface area contributed by atoms with Gasteiger partial charge in [-0.15, -0.1) is 5.10 Å². The summed E-state index contributed by atoms with van der Waals surface area (Å²) in [4.78, 5) is 67.7. The van der Waals surface area contributed by atoms with Crippen molar-refractivity contribution in [2.45, 2.75) is 141 Å². The molecule has 0 saturated carbocycles. The molecule has 350 valence electrons. The molecule has 3 aliphatic rings. The number of Topliss-reactive ketones (excluding diaryl/α,β-unsaturated/α-hetero) is 2. The van der Waals surface area contributed by atoms with Crippen LogP contribution in [0.1, 0.15) is 74.7 Å². The zero-order valence-electron chi connectivity index (χ0n) is 38.0. The maximum atomic E-state index is 16.9. The number of hydrogen-bond donors (Lipinski definition) is 2. The van der Waals surface area contributed by atoms with Crippen molar-refractivity contribution in [1.29, 1.82) is 0 Å². The maximum absolute atomic E-state index is 16.9. The highest BCUT2D eigenvalue weighted by Crippen LogP contribution is 2.43. The minimum absolute atomic E-state index is 0.0318. The summed E-state index contributed by atoms with van der Waals surface area (Å²) in [6, 6.07) is 0.193. The van der Waals surface area contributed by atoms with Crippen molar-refractivity contribution in [3.05, 3.63) is 18.5 Å². The minimum atomic E-state index is -3.22. The summed E-state index contributed by atoms with van der Waals surface area (Å²) in [5, 5.41) is 19.6. The number of halogens is 2. The van der Waals surface area contributed by atoms with E-state index in [1.807, 2.05) is 25.9 Å². The first-order valence-electron chi connectivity index (χ1n) is 20.8. The molecule has 3 unspecified atom stereocenters. The van der Waals surface area contributed by atoms with E-state index in [-0.39, 0.29) is 62.0 Å². The van der Waals surface area contributed by atoms with E-state index in [0.717, 1.165) is 6.92 Å². The van der Waals surface area contributed by atoms with Gasteiger partial charge < -0.3 is 39.4 Å². The summed E-state index contributed by atoms with van der Waals surface area (Å²) in [5.41, 5.74) is 0.224. The van der Waals surface area contributed by atoms with Crippen molar-refractivity contribution < 1.29 is 56.2 Å². The standard InChI is InChI=1S/C41H59FN8O10.CH3FS/c1-12-29-41(8)32(50(38(55)60-41)18-14-13-17-49-21-27(46-47-49)26-15-16-44-37(43)45-26)24(4)30(51)22(2)20-39(6,56-11)34(25(5)33(53)40(7,42)36(54)58-29)59-35-31(52)28(48(9)10)19-23(3)57-35;1-3-2/h15-16,21-25,28-29,31-32,34-35,52H,12,17-20H2,1-11H3,(H2,43,44,45);1H3/t22-,23?,24+,25+,28?,29-,31?,32-,34-,35+,39-,40+,41-;/m1./s1. The number of likely N-dealkylation sites (N-methyl/N-ethyl adjacent to an activating group) is 1. The summed E-state index contributed by atoms with van der Waals surface area (Å²) in [5.74, 6) is -0.114. The lowest BCUT2D eigenvalue weighted by Crippen LogP contribution is -2.61. The largest absolute Gasteiger partial charge is 0.455 e. The van der Waals surface area contributed by atoms with E-state index in [4.69, 9.17) is 29.4 Å². The average molecular weight is 909 g/mol. The van der Waals surface area contributed by atoms with Crippen molar-refractivity contribution in [3.8, 4) is 23.2 Å². The van der Waals surface area contributed by atoms with Crippen LogP contribution in [0.4, 0.5) is 19.0 Å². The summed E-state index contributed by atoms with van der Waals surface area (Å²) in [7, 11) is 5.00. The van der Waals surface area contributed by atoms with Crippen LogP contribution >= 0.6 is 12.1 Å². The molecular formula is C42H62F2N8O10S. The normalized spacial score (nSPS) is 35.4. The fourth-order valence-corrected chi connectivity index (χ4v) is 8.93. The van der Waals surface area contributed by atoms with Gasteiger partial charge in [-0.05, 0) is 67.1 Å². The second-order valence-corrected chi connectivity index (χ2v) is 17.4. The summed E-state index contributed by atoms with van der Waals surface area (Å²) < 4.78 is 58.9. The molecule has 3 fully saturated rings. The van der Waals surface area contributed by atoms with Gasteiger partial charge in [0.2, 0.25) is 5.95 Å². The SMILES string of the molecule is CC[C@H]1OC(=O)[C@@](C)(F)C(=O)[C@H](C)[C@@H](O[C@@H]2OC(C)CC(N(C)C)C2O)[C@](C)(OC)C[C@@H](C)C(=O)[C@H](C)[C@H]2N(CC#CCn3cc(-c4ccnc(N)n4)nn3)C(=O)O[C@]12C.CSF. The zero-order valence-corrected chi connectivity index (χ0v) is 38.9. The molecule has 2 aromatic rings. The Morgan fingerprint density at radius 1 is 1.08 bits per heavy atom. The lowest BCUT2D eigenvalue weighted by atomic mass is 9.73. The number of ether oxygens (including phenoxy) is 5. The Balaban J connectivity index is 0.00000282. The highest BCUT2D eigenvalue weighted by molar-refractivity contribution is 7.93. The number of nitrogen functional groups attached to an aromatic ring is 1. The number of amides is 1. The number of carbonyl (C=O) groups is 4. The van der Waals surface area contributed by atoms with Gasteiger partial charge in [-0.25, -0.2) is 28.6 Å². The summed E-state index contributed by atoms with van der Waals surface area (Å²) in [6.07, 6.45) is -1.30. The number of aromatic nitrogens is 5. The van der Waals surface area contributed by atoms with E-state index < -0.39 is 83.1 Å². The van der Waals surface area contributed by atoms with Crippen molar-refractivity contribution in [2.75, 3.05) is 39.7 Å².